The Morgan fingerprint density at radius 2 is 1.71 bits per heavy atom. The standard InChI is InChI=1S/C30H37N5O8S2/c1-17-29(40)35-12-11-24(43-14-19-5-3-2-4-6-19)25(35)28(39)34-23(30(41)42)16-45-44-15-22(27(38)32-17)33-26(37)21(31)13-18-7-9-20(36)10-8-18/h2-10,17,21-25,36H,11-16,31H2,1H3,(H,32,38)(H,33,37)(H,34,39)(H,41,42)/t17-,21-,22-,23-,24?,25-/m0/s1. The molecule has 0 spiro atoms. The number of rotatable bonds is 8. The Kier molecular flexibility index (Phi) is 12.1. The minimum atomic E-state index is -1.27. The van der Waals surface area contributed by atoms with Gasteiger partial charge >= 0.3 is 5.97 Å². The fraction of sp³-hybridized carbons (Fsp3) is 0.433. The number of hydrogen-bond acceptors (Lipinski definition) is 10. The molecule has 4 rings (SSSR count). The van der Waals surface area contributed by atoms with Crippen LogP contribution in [0.2, 0.25) is 0 Å². The van der Waals surface area contributed by atoms with Gasteiger partial charge in [0.25, 0.3) is 0 Å². The van der Waals surface area contributed by atoms with E-state index < -0.39 is 65.9 Å². The Hall–Kier alpha value is -3.79. The summed E-state index contributed by atoms with van der Waals surface area (Å²) in [5.41, 5.74) is 7.69. The van der Waals surface area contributed by atoms with E-state index in [4.69, 9.17) is 10.5 Å². The molecule has 2 aliphatic heterocycles. The fourth-order valence-electron chi connectivity index (χ4n) is 5.00. The van der Waals surface area contributed by atoms with E-state index in [0.29, 0.717) is 12.0 Å². The molecule has 242 valence electrons. The largest absolute Gasteiger partial charge is 0.508 e. The zero-order valence-electron chi connectivity index (χ0n) is 24.6. The lowest BCUT2D eigenvalue weighted by Gasteiger charge is -2.31. The zero-order chi connectivity index (χ0) is 32.5. The number of carbonyl (C=O) groups is 5. The number of aliphatic carboxylic acids is 1. The number of benzene rings is 2. The third kappa shape index (κ3) is 9.36. The van der Waals surface area contributed by atoms with Crippen LogP contribution in [0, 0.1) is 0 Å². The van der Waals surface area contributed by atoms with Gasteiger partial charge in [0, 0.05) is 18.1 Å². The van der Waals surface area contributed by atoms with Crippen LogP contribution in [0.3, 0.4) is 0 Å². The van der Waals surface area contributed by atoms with E-state index in [1.54, 1.807) is 12.1 Å². The van der Waals surface area contributed by atoms with Crippen molar-refractivity contribution >= 4 is 51.2 Å². The summed E-state index contributed by atoms with van der Waals surface area (Å²) in [5.74, 6) is -3.60. The molecule has 2 aliphatic rings. The molecule has 1 unspecified atom stereocenters. The molecule has 0 bridgehead atoms. The van der Waals surface area contributed by atoms with Crippen LogP contribution in [0.5, 0.6) is 5.75 Å². The van der Waals surface area contributed by atoms with Gasteiger partial charge in [-0.2, -0.15) is 0 Å². The Balaban J connectivity index is 1.49. The highest BCUT2D eigenvalue weighted by Crippen LogP contribution is 2.26. The van der Waals surface area contributed by atoms with Crippen LogP contribution in [-0.4, -0.2) is 99.1 Å². The van der Waals surface area contributed by atoms with Crippen molar-refractivity contribution in [2.45, 2.75) is 62.7 Å². The highest BCUT2D eigenvalue weighted by molar-refractivity contribution is 8.76. The van der Waals surface area contributed by atoms with Gasteiger partial charge in [0.1, 0.15) is 29.9 Å². The second-order valence-electron chi connectivity index (χ2n) is 10.8. The van der Waals surface area contributed by atoms with Gasteiger partial charge in [-0.25, -0.2) is 4.79 Å². The molecule has 2 fully saturated rings. The number of nitrogens with zero attached hydrogens (tertiary/aromatic N) is 1. The second-order valence-corrected chi connectivity index (χ2v) is 13.4. The molecular formula is C30H37N5O8S2. The summed E-state index contributed by atoms with van der Waals surface area (Å²) in [7, 11) is 2.26. The summed E-state index contributed by atoms with van der Waals surface area (Å²) >= 11 is 0. The number of fused-ring (bicyclic) bond motifs is 1. The summed E-state index contributed by atoms with van der Waals surface area (Å²) in [6, 6.07) is 9.99. The first-order chi connectivity index (χ1) is 21.5. The number of carboxylic acid groups (broad SMARTS) is 1. The lowest BCUT2D eigenvalue weighted by atomic mass is 10.1. The highest BCUT2D eigenvalue weighted by atomic mass is 33.1. The third-order valence-electron chi connectivity index (χ3n) is 7.46. The number of amides is 4. The first kappa shape index (κ1) is 34.1. The van der Waals surface area contributed by atoms with E-state index >= 15 is 0 Å². The minimum absolute atomic E-state index is 0.0388. The van der Waals surface area contributed by atoms with E-state index in [0.717, 1.165) is 27.2 Å². The van der Waals surface area contributed by atoms with E-state index in [1.165, 1.54) is 24.0 Å². The molecule has 0 aliphatic carbocycles. The molecule has 2 saturated heterocycles. The van der Waals surface area contributed by atoms with Gasteiger partial charge in [0.2, 0.25) is 23.6 Å². The Morgan fingerprint density at radius 3 is 2.40 bits per heavy atom. The predicted octanol–water partition coefficient (Wildman–Crippen LogP) is 0.402. The molecule has 13 nitrogen and oxygen atoms in total. The molecule has 2 aromatic carbocycles. The first-order valence-electron chi connectivity index (χ1n) is 14.4. The van der Waals surface area contributed by atoms with Crippen LogP contribution >= 0.6 is 21.6 Å². The molecule has 6 atom stereocenters. The molecule has 2 aromatic rings. The summed E-state index contributed by atoms with van der Waals surface area (Å²) in [4.78, 5) is 66.8. The molecule has 15 heteroatoms. The van der Waals surface area contributed by atoms with Crippen LogP contribution in [0.25, 0.3) is 0 Å². The zero-order valence-corrected chi connectivity index (χ0v) is 26.2. The second kappa shape index (κ2) is 16.0. The van der Waals surface area contributed by atoms with Crippen LogP contribution < -0.4 is 21.7 Å². The fourth-order valence-corrected chi connectivity index (χ4v) is 7.32. The molecule has 0 aromatic heterocycles. The van der Waals surface area contributed by atoms with Crippen molar-refractivity contribution in [3.8, 4) is 5.75 Å². The molecule has 0 saturated carbocycles. The smallest absolute Gasteiger partial charge is 0.327 e. The van der Waals surface area contributed by atoms with Crippen LogP contribution in [0.15, 0.2) is 54.6 Å². The average Bonchev–Trinajstić information content (AvgIpc) is 3.45. The van der Waals surface area contributed by atoms with E-state index in [9.17, 15) is 34.2 Å². The molecule has 45 heavy (non-hydrogen) atoms. The number of carboxylic acids is 1. The lowest BCUT2D eigenvalue weighted by molar-refractivity contribution is -0.146. The van der Waals surface area contributed by atoms with Crippen molar-refractivity contribution in [3.63, 3.8) is 0 Å². The first-order valence-corrected chi connectivity index (χ1v) is 16.9. The number of phenols is 1. The maximum atomic E-state index is 13.6. The van der Waals surface area contributed by atoms with Gasteiger partial charge in [0.15, 0.2) is 0 Å². The Morgan fingerprint density at radius 1 is 1.02 bits per heavy atom. The van der Waals surface area contributed by atoms with E-state index in [-0.39, 0.29) is 36.8 Å². The highest BCUT2D eigenvalue weighted by Gasteiger charge is 2.45. The van der Waals surface area contributed by atoms with Crippen LogP contribution in [0.4, 0.5) is 0 Å². The monoisotopic (exact) mass is 659 g/mol. The molecule has 2 heterocycles. The normalized spacial score (nSPS) is 25.3. The Bertz CT molecular complexity index is 1370. The number of aromatic hydroxyl groups is 1. The van der Waals surface area contributed by atoms with Gasteiger partial charge in [-0.05, 0) is 43.0 Å². The summed E-state index contributed by atoms with van der Waals surface area (Å²) in [6.45, 7) is 1.83. The number of nitrogens with two attached hydrogens (primary N) is 1. The lowest BCUT2D eigenvalue weighted by Crippen LogP contribution is -2.59. The summed E-state index contributed by atoms with van der Waals surface area (Å²) in [5, 5.41) is 27.2. The number of carbonyl (C=O) groups excluding carboxylic acids is 4. The van der Waals surface area contributed by atoms with Gasteiger partial charge < -0.3 is 41.5 Å². The minimum Gasteiger partial charge on any atom is -0.508 e. The van der Waals surface area contributed by atoms with Crippen molar-refractivity contribution in [3.05, 3.63) is 65.7 Å². The number of hydrogen-bond donors (Lipinski definition) is 6. The van der Waals surface area contributed by atoms with Crippen molar-refractivity contribution < 1.29 is 38.9 Å². The average molecular weight is 660 g/mol. The molecule has 0 radical (unpaired) electrons. The molecule has 4 amide bonds. The van der Waals surface area contributed by atoms with E-state index in [2.05, 4.69) is 16.0 Å². The number of phenolic OH excluding ortho intramolecular Hbond substituents is 1. The SMILES string of the molecule is C[C@@H]1NC(=O)[C@@H](NC(=O)[C@@H](N)Cc2ccc(O)cc2)CSSC[C@@H](C(=O)O)NC(=O)[C@@H]2C(OCc3ccccc3)CCN2C1=O. The Labute approximate surface area is 268 Å². The van der Waals surface area contributed by atoms with Gasteiger partial charge in [-0.1, -0.05) is 64.1 Å². The predicted molar refractivity (Wildman–Crippen MR) is 169 cm³/mol. The summed E-state index contributed by atoms with van der Waals surface area (Å²) in [6.07, 6.45) is -0.221. The van der Waals surface area contributed by atoms with Crippen molar-refractivity contribution in [2.75, 3.05) is 18.1 Å². The molecule has 7 N–H and O–H groups in total. The van der Waals surface area contributed by atoms with Crippen LogP contribution in [-0.2, 0) is 41.7 Å². The topological polar surface area (TPSA) is 200 Å². The maximum Gasteiger partial charge on any atom is 0.327 e. The quantitative estimate of drug-likeness (QED) is 0.214. The molecular weight excluding hydrogens is 622 g/mol. The van der Waals surface area contributed by atoms with Gasteiger partial charge in [0.05, 0.1) is 18.8 Å². The summed E-state index contributed by atoms with van der Waals surface area (Å²) < 4.78 is 6.06. The number of ether oxygens (including phenoxy) is 1. The maximum absolute atomic E-state index is 13.6. The van der Waals surface area contributed by atoms with Crippen molar-refractivity contribution in [1.82, 2.24) is 20.9 Å². The van der Waals surface area contributed by atoms with Crippen molar-refractivity contribution in [1.29, 1.82) is 0 Å². The van der Waals surface area contributed by atoms with Crippen molar-refractivity contribution in [2.24, 2.45) is 5.73 Å². The number of nitrogens with one attached hydrogen (secondary N) is 3. The van der Waals surface area contributed by atoms with E-state index in [1.807, 2.05) is 30.3 Å². The third-order valence-corrected chi connectivity index (χ3v) is 9.88. The van der Waals surface area contributed by atoms with Crippen LogP contribution in [0.1, 0.15) is 24.5 Å². The van der Waals surface area contributed by atoms with Gasteiger partial charge in [-0.3, -0.25) is 19.2 Å². The van der Waals surface area contributed by atoms with Gasteiger partial charge in [-0.15, -0.1) is 0 Å².